The Morgan fingerprint density at radius 2 is 1.77 bits per heavy atom. The zero-order valence-electron chi connectivity index (χ0n) is 16.4. The molecule has 30 heavy (non-hydrogen) atoms. The Labute approximate surface area is 177 Å². The maximum absolute atomic E-state index is 13.2. The van der Waals surface area contributed by atoms with E-state index in [-0.39, 0.29) is 11.3 Å². The highest BCUT2D eigenvalue weighted by Gasteiger charge is 2.29. The van der Waals surface area contributed by atoms with Gasteiger partial charge in [0.2, 0.25) is 0 Å². The fourth-order valence-electron chi connectivity index (χ4n) is 4.77. The van der Waals surface area contributed by atoms with Crippen molar-refractivity contribution in [3.8, 4) is 0 Å². The lowest BCUT2D eigenvalue weighted by atomic mass is 9.92. The zero-order chi connectivity index (χ0) is 20.2. The Balaban J connectivity index is 1.71. The molecule has 0 radical (unpaired) electrons. The fourth-order valence-corrected chi connectivity index (χ4v) is 6.16. The number of aliphatic hydroxyl groups excluding tert-OH is 1. The third-order valence-corrected chi connectivity index (χ3v) is 7.51. The molecule has 0 fully saturated rings. The van der Waals surface area contributed by atoms with Crippen LogP contribution < -0.4 is 5.56 Å². The molecule has 0 spiro atoms. The first kappa shape index (κ1) is 17.7. The number of hydrogen-bond acceptors (Lipinski definition) is 4. The summed E-state index contributed by atoms with van der Waals surface area (Å²) in [4.78, 5) is 20.0. The first-order valence-electron chi connectivity index (χ1n) is 10.3. The van der Waals surface area contributed by atoms with Gasteiger partial charge in [0.15, 0.2) is 0 Å². The summed E-state index contributed by atoms with van der Waals surface area (Å²) >= 11 is 1.73. The van der Waals surface area contributed by atoms with Crippen LogP contribution in [0.1, 0.15) is 45.8 Å². The molecule has 0 unspecified atom stereocenters. The fraction of sp³-hybridized carbons (Fsp3) is 0.200. The van der Waals surface area contributed by atoms with E-state index in [0.717, 1.165) is 46.2 Å². The molecule has 2 aromatic carbocycles. The van der Waals surface area contributed by atoms with E-state index >= 15 is 0 Å². The maximum Gasteiger partial charge on any atom is 0.282 e. The van der Waals surface area contributed by atoms with Crippen LogP contribution in [-0.2, 0) is 19.4 Å². The molecular weight excluding hydrogens is 392 g/mol. The van der Waals surface area contributed by atoms with Gasteiger partial charge < -0.3 is 9.67 Å². The van der Waals surface area contributed by atoms with Crippen molar-refractivity contribution < 1.29 is 5.11 Å². The molecule has 2 aromatic heterocycles. The van der Waals surface area contributed by atoms with Crippen molar-refractivity contribution in [1.82, 2.24) is 9.55 Å². The minimum absolute atomic E-state index is 0.157. The van der Waals surface area contributed by atoms with Crippen molar-refractivity contribution in [2.45, 2.75) is 32.2 Å². The van der Waals surface area contributed by atoms with Crippen LogP contribution in [0.4, 0.5) is 0 Å². The van der Waals surface area contributed by atoms with Crippen LogP contribution in [0, 0.1) is 0 Å². The third-order valence-electron chi connectivity index (χ3n) is 6.20. The predicted molar refractivity (Wildman–Crippen MR) is 121 cm³/mol. The van der Waals surface area contributed by atoms with Crippen molar-refractivity contribution in [3.05, 3.63) is 97.9 Å². The Bertz CT molecular complexity index is 1400. The zero-order valence-corrected chi connectivity index (χ0v) is 17.2. The van der Waals surface area contributed by atoms with Gasteiger partial charge in [0, 0.05) is 10.4 Å². The van der Waals surface area contributed by atoms with Crippen LogP contribution >= 0.6 is 11.3 Å². The van der Waals surface area contributed by atoms with Crippen LogP contribution in [0.5, 0.6) is 0 Å². The average Bonchev–Trinajstić information content (AvgIpc) is 3.19. The minimum atomic E-state index is -0.173. The summed E-state index contributed by atoms with van der Waals surface area (Å²) in [6.07, 6.45) is 4.30. The average molecular weight is 413 g/mol. The Morgan fingerprint density at radius 1 is 1.00 bits per heavy atom. The van der Waals surface area contributed by atoms with Crippen LogP contribution in [-0.4, -0.2) is 14.7 Å². The van der Waals surface area contributed by atoms with Gasteiger partial charge in [-0.15, -0.1) is 11.3 Å². The summed E-state index contributed by atoms with van der Waals surface area (Å²) in [6, 6.07) is 17.6. The molecule has 1 aliphatic carbocycles. The number of benzene rings is 2. The highest BCUT2D eigenvalue weighted by Crippen LogP contribution is 2.40. The minimum Gasteiger partial charge on any atom is -0.507 e. The first-order valence-corrected chi connectivity index (χ1v) is 11.2. The van der Waals surface area contributed by atoms with E-state index < -0.39 is 0 Å². The molecule has 1 N–H and O–H groups in total. The summed E-state index contributed by atoms with van der Waals surface area (Å²) in [5, 5.41) is 12.1. The molecule has 148 valence electrons. The number of aliphatic hydroxyl groups is 1. The molecule has 0 saturated heterocycles. The van der Waals surface area contributed by atoms with E-state index in [0.29, 0.717) is 17.9 Å². The third kappa shape index (κ3) is 2.52. The van der Waals surface area contributed by atoms with Crippen molar-refractivity contribution in [3.63, 3.8) is 0 Å². The second kappa shape index (κ2) is 6.67. The molecule has 6 rings (SSSR count). The number of aromatic nitrogens is 2. The van der Waals surface area contributed by atoms with Gasteiger partial charge in [0.05, 0.1) is 17.5 Å². The van der Waals surface area contributed by atoms with E-state index in [1.54, 1.807) is 11.3 Å². The van der Waals surface area contributed by atoms with E-state index in [1.807, 2.05) is 48.5 Å². The van der Waals surface area contributed by atoms with Crippen LogP contribution in [0.2, 0.25) is 0 Å². The standard InChI is InChI=1S/C25H20N2O2S/c28-22(15-8-2-1-3-9-15)20-17-11-5-4-10-16(17)14-27-23(20)26-24(29)21-18-12-6-7-13-19(18)30-25(21)27/h1-5,8-11,28H,6-7,12-14H2/b22-20-. The lowest BCUT2D eigenvalue weighted by Crippen LogP contribution is -2.23. The van der Waals surface area contributed by atoms with Crippen molar-refractivity contribution in [1.29, 1.82) is 0 Å². The smallest absolute Gasteiger partial charge is 0.282 e. The molecular formula is C25H20N2O2S. The predicted octanol–water partition coefficient (Wildman–Crippen LogP) is 5.17. The van der Waals surface area contributed by atoms with Gasteiger partial charge in [0.25, 0.3) is 5.56 Å². The van der Waals surface area contributed by atoms with Gasteiger partial charge in [-0.25, -0.2) is 0 Å². The Kier molecular flexibility index (Phi) is 3.93. The topological polar surface area (TPSA) is 55.1 Å². The molecule has 0 saturated carbocycles. The molecule has 0 atom stereocenters. The van der Waals surface area contributed by atoms with Crippen molar-refractivity contribution in [2.75, 3.05) is 0 Å². The molecule has 5 heteroatoms. The van der Waals surface area contributed by atoms with Gasteiger partial charge in [-0.05, 0) is 42.4 Å². The number of hydrogen-bond donors (Lipinski definition) is 1. The summed E-state index contributed by atoms with van der Waals surface area (Å²) in [5.74, 6) is 0.718. The summed E-state index contributed by atoms with van der Waals surface area (Å²) in [7, 11) is 0. The van der Waals surface area contributed by atoms with Crippen molar-refractivity contribution >= 4 is 32.9 Å². The van der Waals surface area contributed by atoms with Crippen LogP contribution in [0.25, 0.3) is 21.5 Å². The first-order chi connectivity index (χ1) is 14.7. The molecule has 2 aliphatic rings. The summed E-state index contributed by atoms with van der Waals surface area (Å²) < 4.78 is 2.14. The molecule has 3 heterocycles. The number of fused-ring (bicyclic) bond motifs is 6. The monoisotopic (exact) mass is 412 g/mol. The normalized spacial score (nSPS) is 16.7. The molecule has 0 bridgehead atoms. The SMILES string of the molecule is O=c1nc2n(c3sc4c(c13)CCCC4)Cc1ccccc1/C2=C(/O)c1ccccc1. The largest absolute Gasteiger partial charge is 0.507 e. The number of aryl methyl sites for hydroxylation is 2. The van der Waals surface area contributed by atoms with E-state index in [9.17, 15) is 9.90 Å². The van der Waals surface area contributed by atoms with Crippen LogP contribution in [0.15, 0.2) is 59.4 Å². The van der Waals surface area contributed by atoms with Gasteiger partial charge in [0.1, 0.15) is 16.4 Å². The Hall–Kier alpha value is -3.18. The number of rotatable bonds is 1. The maximum atomic E-state index is 13.2. The molecule has 4 nitrogen and oxygen atoms in total. The molecule has 4 aromatic rings. The molecule has 0 amide bonds. The lowest BCUT2D eigenvalue weighted by Gasteiger charge is -2.25. The lowest BCUT2D eigenvalue weighted by molar-refractivity contribution is 0.512. The van der Waals surface area contributed by atoms with Gasteiger partial charge >= 0.3 is 0 Å². The number of thiophene rings is 1. The van der Waals surface area contributed by atoms with E-state index in [1.165, 1.54) is 16.9 Å². The highest BCUT2D eigenvalue weighted by atomic mass is 32.1. The van der Waals surface area contributed by atoms with E-state index in [4.69, 9.17) is 0 Å². The second-order valence-corrected chi connectivity index (χ2v) is 9.05. The van der Waals surface area contributed by atoms with Crippen molar-refractivity contribution in [2.24, 2.45) is 0 Å². The summed E-state index contributed by atoms with van der Waals surface area (Å²) in [6.45, 7) is 0.653. The van der Waals surface area contributed by atoms with Gasteiger partial charge in [-0.1, -0.05) is 54.6 Å². The van der Waals surface area contributed by atoms with Crippen LogP contribution in [0.3, 0.4) is 0 Å². The quantitative estimate of drug-likeness (QED) is 0.386. The highest BCUT2D eigenvalue weighted by molar-refractivity contribution is 7.18. The Morgan fingerprint density at radius 3 is 2.63 bits per heavy atom. The van der Waals surface area contributed by atoms with Gasteiger partial charge in [-0.3, -0.25) is 4.79 Å². The number of nitrogens with zero attached hydrogens (tertiary/aromatic N) is 2. The summed E-state index contributed by atoms with van der Waals surface area (Å²) in [5.41, 5.74) is 4.44. The molecule has 1 aliphatic heterocycles. The van der Waals surface area contributed by atoms with Gasteiger partial charge in [-0.2, -0.15) is 4.98 Å². The van der Waals surface area contributed by atoms with E-state index in [2.05, 4.69) is 15.6 Å². The second-order valence-electron chi connectivity index (χ2n) is 7.96.